The number of hydrogen-bond donors (Lipinski definition) is 1. The van der Waals surface area contributed by atoms with Crippen molar-refractivity contribution >= 4 is 0 Å². The van der Waals surface area contributed by atoms with E-state index >= 15 is 0 Å². The quantitative estimate of drug-likeness (QED) is 0.838. The van der Waals surface area contributed by atoms with Gasteiger partial charge in [0.1, 0.15) is 0 Å². The van der Waals surface area contributed by atoms with E-state index in [1.807, 2.05) is 0 Å². The summed E-state index contributed by atoms with van der Waals surface area (Å²) in [6.07, 6.45) is 6.19. The molecule has 21 heavy (non-hydrogen) atoms. The number of hydrogen-bond acceptors (Lipinski definition) is 2. The van der Waals surface area contributed by atoms with E-state index in [2.05, 4.69) is 5.32 Å². The summed E-state index contributed by atoms with van der Waals surface area (Å²) in [7, 11) is 3.46. The fraction of sp³-hybridized carbons (Fsp3) is 0.647. The molecule has 2 nitrogen and oxygen atoms in total. The molecule has 1 aromatic carbocycles. The van der Waals surface area contributed by atoms with Crippen molar-refractivity contribution in [3.05, 3.63) is 34.9 Å². The molecule has 2 rings (SSSR count). The molecule has 0 spiro atoms. The summed E-state index contributed by atoms with van der Waals surface area (Å²) in [5, 5.41) is 3.16. The second-order valence-electron chi connectivity index (χ2n) is 6.00. The lowest BCUT2D eigenvalue weighted by Crippen LogP contribution is -2.44. The van der Waals surface area contributed by atoms with Crippen molar-refractivity contribution in [1.29, 1.82) is 0 Å². The van der Waals surface area contributed by atoms with Crippen LogP contribution in [0.25, 0.3) is 0 Å². The summed E-state index contributed by atoms with van der Waals surface area (Å²) in [5.41, 5.74) is 0.233. The smallest absolute Gasteiger partial charge is 0.163 e. The standard InChI is InChI=1S/C17H25F2NO/c1-12-8-9-13(15(19)14(12)18)16(20-2)17(21-3)10-6-4-5-7-11-17/h8-9,16,20H,4-7,10-11H2,1-3H3. The van der Waals surface area contributed by atoms with Crippen molar-refractivity contribution in [2.45, 2.75) is 57.1 Å². The Hall–Kier alpha value is -1.00. The molecule has 1 saturated carbocycles. The van der Waals surface area contributed by atoms with Gasteiger partial charge in [0.2, 0.25) is 0 Å². The summed E-state index contributed by atoms with van der Waals surface area (Å²) >= 11 is 0. The second-order valence-corrected chi connectivity index (χ2v) is 6.00. The monoisotopic (exact) mass is 297 g/mol. The number of benzene rings is 1. The Bertz CT molecular complexity index is 482. The second kappa shape index (κ2) is 6.84. The van der Waals surface area contributed by atoms with Crippen LogP contribution in [0.2, 0.25) is 0 Å². The van der Waals surface area contributed by atoms with E-state index in [1.54, 1.807) is 33.2 Å². The van der Waals surface area contributed by atoms with E-state index in [4.69, 9.17) is 4.74 Å². The van der Waals surface area contributed by atoms with Gasteiger partial charge >= 0.3 is 0 Å². The molecule has 0 saturated heterocycles. The van der Waals surface area contributed by atoms with Crippen LogP contribution in [0.3, 0.4) is 0 Å². The molecule has 0 aliphatic heterocycles. The molecular weight excluding hydrogens is 272 g/mol. The average Bonchev–Trinajstić information content (AvgIpc) is 2.74. The lowest BCUT2D eigenvalue weighted by atomic mass is 9.81. The maximum Gasteiger partial charge on any atom is 0.163 e. The Labute approximate surface area is 125 Å². The third-order valence-electron chi connectivity index (χ3n) is 4.79. The Morgan fingerprint density at radius 3 is 2.24 bits per heavy atom. The van der Waals surface area contributed by atoms with E-state index in [0.717, 1.165) is 25.7 Å². The van der Waals surface area contributed by atoms with Gasteiger partial charge in [-0.2, -0.15) is 0 Å². The highest BCUT2D eigenvalue weighted by atomic mass is 19.2. The molecule has 0 bridgehead atoms. The van der Waals surface area contributed by atoms with Gasteiger partial charge in [-0.3, -0.25) is 0 Å². The number of rotatable bonds is 4. The Morgan fingerprint density at radius 1 is 1.10 bits per heavy atom. The highest BCUT2D eigenvalue weighted by molar-refractivity contribution is 5.30. The molecule has 1 aliphatic carbocycles. The summed E-state index contributed by atoms with van der Waals surface area (Å²) in [6, 6.07) is 2.98. The molecule has 1 atom stereocenters. The highest BCUT2D eigenvalue weighted by Gasteiger charge is 2.41. The first-order valence-electron chi connectivity index (χ1n) is 7.72. The Morgan fingerprint density at radius 2 is 1.71 bits per heavy atom. The minimum Gasteiger partial charge on any atom is -0.376 e. The predicted molar refractivity (Wildman–Crippen MR) is 80.3 cm³/mol. The molecule has 0 radical (unpaired) electrons. The van der Waals surface area contributed by atoms with Crippen LogP contribution in [0.15, 0.2) is 12.1 Å². The van der Waals surface area contributed by atoms with Crippen molar-refractivity contribution in [2.75, 3.05) is 14.2 Å². The molecule has 0 amide bonds. The van der Waals surface area contributed by atoms with Crippen LogP contribution in [-0.4, -0.2) is 19.8 Å². The highest BCUT2D eigenvalue weighted by Crippen LogP contribution is 2.41. The van der Waals surface area contributed by atoms with Crippen LogP contribution in [0.1, 0.15) is 55.7 Å². The lowest BCUT2D eigenvalue weighted by Gasteiger charge is -2.39. The first-order chi connectivity index (χ1) is 10.1. The number of halogens is 2. The number of nitrogens with one attached hydrogen (secondary N) is 1. The van der Waals surface area contributed by atoms with E-state index in [-0.39, 0.29) is 6.04 Å². The zero-order chi connectivity index (χ0) is 15.5. The van der Waals surface area contributed by atoms with Gasteiger partial charge in [0.15, 0.2) is 11.6 Å². The van der Waals surface area contributed by atoms with Crippen LogP contribution in [0, 0.1) is 18.6 Å². The molecule has 118 valence electrons. The molecule has 0 aromatic heterocycles. The van der Waals surface area contributed by atoms with E-state index in [1.165, 1.54) is 12.8 Å². The maximum atomic E-state index is 14.4. The van der Waals surface area contributed by atoms with Crippen LogP contribution in [-0.2, 0) is 4.74 Å². The van der Waals surface area contributed by atoms with Gasteiger partial charge in [0.05, 0.1) is 11.6 Å². The van der Waals surface area contributed by atoms with E-state index < -0.39 is 17.2 Å². The molecule has 1 fully saturated rings. The van der Waals surface area contributed by atoms with Gasteiger partial charge in [-0.25, -0.2) is 8.78 Å². The fourth-order valence-electron chi connectivity index (χ4n) is 3.52. The van der Waals surface area contributed by atoms with Crippen molar-refractivity contribution < 1.29 is 13.5 Å². The van der Waals surface area contributed by atoms with Gasteiger partial charge in [-0.1, -0.05) is 37.8 Å². The third-order valence-corrected chi connectivity index (χ3v) is 4.79. The van der Waals surface area contributed by atoms with Crippen molar-refractivity contribution in [1.82, 2.24) is 5.32 Å². The first-order valence-corrected chi connectivity index (χ1v) is 7.72. The summed E-state index contributed by atoms with van der Waals surface area (Å²) in [4.78, 5) is 0. The minimum atomic E-state index is -0.757. The Kier molecular flexibility index (Phi) is 5.33. The molecule has 1 N–H and O–H groups in total. The normalized spacial score (nSPS) is 20.0. The zero-order valence-corrected chi connectivity index (χ0v) is 13.1. The fourth-order valence-corrected chi connectivity index (χ4v) is 3.52. The molecule has 1 unspecified atom stereocenters. The number of aryl methyl sites for hydroxylation is 1. The predicted octanol–water partition coefficient (Wildman–Crippen LogP) is 4.27. The third kappa shape index (κ3) is 3.11. The topological polar surface area (TPSA) is 21.3 Å². The van der Waals surface area contributed by atoms with Gasteiger partial charge in [-0.05, 0) is 32.4 Å². The summed E-state index contributed by atoms with van der Waals surface area (Å²) < 4.78 is 34.2. The van der Waals surface area contributed by atoms with Crippen molar-refractivity contribution in [3.63, 3.8) is 0 Å². The van der Waals surface area contributed by atoms with Crippen LogP contribution < -0.4 is 5.32 Å². The van der Waals surface area contributed by atoms with E-state index in [0.29, 0.717) is 11.1 Å². The van der Waals surface area contributed by atoms with E-state index in [9.17, 15) is 8.78 Å². The van der Waals surface area contributed by atoms with Crippen molar-refractivity contribution in [2.24, 2.45) is 0 Å². The van der Waals surface area contributed by atoms with Gasteiger partial charge in [0, 0.05) is 12.7 Å². The first kappa shape index (κ1) is 16.4. The minimum absolute atomic E-state index is 0.332. The molecule has 4 heteroatoms. The maximum absolute atomic E-state index is 14.4. The molecule has 1 aliphatic rings. The number of methoxy groups -OCH3 is 1. The van der Waals surface area contributed by atoms with Gasteiger partial charge in [-0.15, -0.1) is 0 Å². The molecular formula is C17H25F2NO. The Balaban J connectivity index is 2.44. The molecule has 0 heterocycles. The van der Waals surface area contributed by atoms with Crippen LogP contribution >= 0.6 is 0 Å². The van der Waals surface area contributed by atoms with Crippen molar-refractivity contribution in [3.8, 4) is 0 Å². The SMILES string of the molecule is CNC(c1ccc(C)c(F)c1F)C1(OC)CCCCCC1. The summed E-state index contributed by atoms with van der Waals surface area (Å²) in [6.45, 7) is 1.58. The number of ether oxygens (including phenoxy) is 1. The average molecular weight is 297 g/mol. The molecule has 1 aromatic rings. The van der Waals surface area contributed by atoms with Gasteiger partial charge in [0.25, 0.3) is 0 Å². The summed E-state index contributed by atoms with van der Waals surface area (Å²) in [5.74, 6) is -1.51. The van der Waals surface area contributed by atoms with Crippen LogP contribution in [0.5, 0.6) is 0 Å². The van der Waals surface area contributed by atoms with Crippen LogP contribution in [0.4, 0.5) is 8.78 Å². The zero-order valence-electron chi connectivity index (χ0n) is 13.1. The largest absolute Gasteiger partial charge is 0.376 e. The number of likely N-dealkylation sites (N-methyl/N-ethyl adjacent to an activating group) is 1. The lowest BCUT2D eigenvalue weighted by molar-refractivity contribution is -0.0531. The van der Waals surface area contributed by atoms with Gasteiger partial charge < -0.3 is 10.1 Å².